The van der Waals surface area contributed by atoms with Gasteiger partial charge < -0.3 is 15.0 Å². The van der Waals surface area contributed by atoms with Crippen LogP contribution in [0.5, 0.6) is 0 Å². The van der Waals surface area contributed by atoms with Crippen molar-refractivity contribution in [2.24, 2.45) is 0 Å². The molecule has 2 saturated heterocycles. The van der Waals surface area contributed by atoms with Crippen LogP contribution in [-0.4, -0.2) is 99.9 Å². The molecule has 60 heavy (non-hydrogen) atoms. The van der Waals surface area contributed by atoms with E-state index >= 15 is 8.78 Å². The Hall–Kier alpha value is -5.39. The minimum Gasteiger partial charge on any atom is -0.379 e. The fourth-order valence-corrected chi connectivity index (χ4v) is 9.40. The SMILES string of the molecule is O=C(NS(=O)(=O)c1ccc(N[C@H](CCN2CCOCC2)CSc2ccccc2)c([N+](=O)[O-])c1)c1cc(F)c(N2CCN(Cc3ccccc3-c3ccccc3)CC2)c(F)c1. The first-order valence-electron chi connectivity index (χ1n) is 19.7. The summed E-state index contributed by atoms with van der Waals surface area (Å²) < 4.78 is 65.3. The highest BCUT2D eigenvalue weighted by atomic mass is 32.2. The standard InChI is InChI=1S/C44H46F2N6O6S2/c45-39-27-34(28-40(46)43(39)51-21-19-50(20-22-51)30-33-11-7-8-14-38(33)32-9-3-1-4-10-32)44(53)48-60(56,57)37-15-16-41(42(29-37)52(54)55)47-35(17-18-49-23-25-58-26-24-49)31-59-36-12-5-2-6-13-36/h1-16,27-29,35,47H,17-26,30-31H2,(H,48,53)/t35-/m1/s1. The number of morpholine rings is 1. The average Bonchev–Trinajstić information content (AvgIpc) is 3.26. The molecule has 7 rings (SSSR count). The topological polar surface area (TPSA) is 137 Å². The Labute approximate surface area is 352 Å². The number of carbonyl (C=O) groups is 1. The summed E-state index contributed by atoms with van der Waals surface area (Å²) in [4.78, 5) is 31.3. The maximum atomic E-state index is 15.6. The maximum Gasteiger partial charge on any atom is 0.293 e. The summed E-state index contributed by atoms with van der Waals surface area (Å²) in [7, 11) is -4.70. The number of ether oxygens (including phenoxy) is 1. The van der Waals surface area contributed by atoms with E-state index in [1.807, 2.05) is 65.4 Å². The lowest BCUT2D eigenvalue weighted by Gasteiger charge is -2.36. The van der Waals surface area contributed by atoms with Gasteiger partial charge in [0, 0.05) is 80.7 Å². The van der Waals surface area contributed by atoms with Gasteiger partial charge in [-0.15, -0.1) is 11.8 Å². The van der Waals surface area contributed by atoms with E-state index in [1.165, 1.54) is 6.07 Å². The van der Waals surface area contributed by atoms with Crippen LogP contribution in [0.2, 0.25) is 0 Å². The molecule has 0 saturated carbocycles. The molecular weight excluding hydrogens is 811 g/mol. The average molecular weight is 857 g/mol. The molecule has 314 valence electrons. The predicted molar refractivity (Wildman–Crippen MR) is 230 cm³/mol. The first-order chi connectivity index (χ1) is 29.0. The number of nitrogens with one attached hydrogen (secondary N) is 2. The second-order valence-electron chi connectivity index (χ2n) is 14.7. The number of sulfonamides is 1. The molecule has 2 N–H and O–H groups in total. The number of carbonyl (C=O) groups excluding carboxylic acids is 1. The normalized spacial score (nSPS) is 15.7. The monoisotopic (exact) mass is 856 g/mol. The molecule has 1 atom stereocenters. The Kier molecular flexibility index (Phi) is 14.1. The molecule has 0 aliphatic carbocycles. The number of hydrogen-bond donors (Lipinski definition) is 2. The Morgan fingerprint density at radius 2 is 1.47 bits per heavy atom. The molecule has 1 amide bonds. The lowest BCUT2D eigenvalue weighted by Crippen LogP contribution is -2.46. The molecule has 16 heteroatoms. The fraction of sp³-hybridized carbons (Fsp3) is 0.295. The molecule has 0 radical (unpaired) electrons. The number of nitro groups is 1. The quantitative estimate of drug-likeness (QED) is 0.0589. The maximum absolute atomic E-state index is 15.6. The number of nitro benzene ring substituents is 1. The Balaban J connectivity index is 0.998. The van der Waals surface area contributed by atoms with Crippen LogP contribution in [-0.2, 0) is 21.3 Å². The van der Waals surface area contributed by atoms with Crippen molar-refractivity contribution >= 4 is 44.8 Å². The Morgan fingerprint density at radius 3 is 2.15 bits per heavy atom. The van der Waals surface area contributed by atoms with Crippen molar-refractivity contribution in [1.82, 2.24) is 14.5 Å². The minimum atomic E-state index is -4.70. The van der Waals surface area contributed by atoms with Crippen molar-refractivity contribution < 1.29 is 31.7 Å². The Morgan fingerprint density at radius 1 is 0.817 bits per heavy atom. The van der Waals surface area contributed by atoms with Gasteiger partial charge in [-0.2, -0.15) is 0 Å². The highest BCUT2D eigenvalue weighted by Crippen LogP contribution is 2.32. The van der Waals surface area contributed by atoms with Crippen LogP contribution in [0.15, 0.2) is 125 Å². The molecule has 0 aromatic heterocycles. The van der Waals surface area contributed by atoms with Gasteiger partial charge in [0.1, 0.15) is 23.0 Å². The summed E-state index contributed by atoms with van der Waals surface area (Å²) in [5.74, 6) is -2.74. The number of piperazine rings is 1. The van der Waals surface area contributed by atoms with E-state index in [0.717, 1.165) is 65.5 Å². The van der Waals surface area contributed by atoms with Crippen molar-refractivity contribution in [1.29, 1.82) is 0 Å². The number of nitrogens with zero attached hydrogens (tertiary/aromatic N) is 4. The molecule has 2 aliphatic rings. The molecule has 2 fully saturated rings. The van der Waals surface area contributed by atoms with E-state index in [9.17, 15) is 23.3 Å². The highest BCUT2D eigenvalue weighted by Gasteiger charge is 2.28. The van der Waals surface area contributed by atoms with Gasteiger partial charge in [0.05, 0.1) is 23.0 Å². The van der Waals surface area contributed by atoms with Crippen molar-refractivity contribution in [3.05, 3.63) is 148 Å². The van der Waals surface area contributed by atoms with Gasteiger partial charge in [0.2, 0.25) is 0 Å². The summed E-state index contributed by atoms with van der Waals surface area (Å²) in [5.41, 5.74) is 2.11. The predicted octanol–water partition coefficient (Wildman–Crippen LogP) is 7.28. The van der Waals surface area contributed by atoms with Crippen LogP contribution in [0.25, 0.3) is 11.1 Å². The third-order valence-electron chi connectivity index (χ3n) is 10.6. The zero-order valence-corrected chi connectivity index (χ0v) is 34.5. The van der Waals surface area contributed by atoms with E-state index < -0.39 is 48.6 Å². The third-order valence-corrected chi connectivity index (χ3v) is 13.1. The largest absolute Gasteiger partial charge is 0.379 e. The van der Waals surface area contributed by atoms with Crippen LogP contribution in [0.4, 0.5) is 25.8 Å². The summed E-state index contributed by atoms with van der Waals surface area (Å²) in [6, 6.07) is 32.6. The van der Waals surface area contributed by atoms with E-state index in [2.05, 4.69) is 39.4 Å². The van der Waals surface area contributed by atoms with E-state index in [1.54, 1.807) is 16.7 Å². The number of benzene rings is 5. The lowest BCUT2D eigenvalue weighted by atomic mass is 9.99. The number of amides is 1. The molecule has 0 bridgehead atoms. The second-order valence-corrected chi connectivity index (χ2v) is 17.4. The van der Waals surface area contributed by atoms with Crippen molar-refractivity contribution in [2.45, 2.75) is 28.8 Å². The number of thioether (sulfide) groups is 1. The first-order valence-corrected chi connectivity index (χ1v) is 22.2. The molecule has 2 heterocycles. The van der Waals surface area contributed by atoms with Gasteiger partial charge in [0.25, 0.3) is 21.6 Å². The van der Waals surface area contributed by atoms with Crippen LogP contribution in [0.3, 0.4) is 0 Å². The molecule has 0 spiro atoms. The Bertz CT molecular complexity index is 2360. The first kappa shape index (κ1) is 42.7. The molecule has 2 aliphatic heterocycles. The second kappa shape index (κ2) is 19.8. The van der Waals surface area contributed by atoms with Crippen molar-refractivity contribution in [2.75, 3.05) is 75.0 Å². The minimum absolute atomic E-state index is 0.114. The lowest BCUT2D eigenvalue weighted by molar-refractivity contribution is -0.384. The van der Waals surface area contributed by atoms with Gasteiger partial charge in [-0.3, -0.25) is 24.7 Å². The summed E-state index contributed by atoms with van der Waals surface area (Å²) in [6.07, 6.45) is 0.652. The zero-order chi connectivity index (χ0) is 42.1. The highest BCUT2D eigenvalue weighted by molar-refractivity contribution is 7.99. The van der Waals surface area contributed by atoms with Crippen molar-refractivity contribution in [3.63, 3.8) is 0 Å². The third kappa shape index (κ3) is 10.9. The molecule has 5 aromatic rings. The van der Waals surface area contributed by atoms with Crippen LogP contribution >= 0.6 is 11.8 Å². The van der Waals surface area contributed by atoms with Gasteiger partial charge in [-0.25, -0.2) is 21.9 Å². The van der Waals surface area contributed by atoms with Gasteiger partial charge >= 0.3 is 0 Å². The van der Waals surface area contributed by atoms with Crippen LogP contribution in [0.1, 0.15) is 22.3 Å². The number of anilines is 2. The van der Waals surface area contributed by atoms with Crippen LogP contribution < -0.4 is 14.9 Å². The zero-order valence-electron chi connectivity index (χ0n) is 32.8. The molecule has 12 nitrogen and oxygen atoms in total. The van der Waals surface area contributed by atoms with E-state index in [-0.39, 0.29) is 17.4 Å². The van der Waals surface area contributed by atoms with Gasteiger partial charge in [0.15, 0.2) is 0 Å². The number of halogens is 2. The summed E-state index contributed by atoms with van der Waals surface area (Å²) >= 11 is 1.59. The van der Waals surface area contributed by atoms with E-state index in [4.69, 9.17) is 4.74 Å². The van der Waals surface area contributed by atoms with Gasteiger partial charge in [-0.05, 0) is 59.5 Å². The number of rotatable bonds is 16. The molecule has 5 aromatic carbocycles. The van der Waals surface area contributed by atoms with Crippen LogP contribution in [0, 0.1) is 21.7 Å². The summed E-state index contributed by atoms with van der Waals surface area (Å²) in [6.45, 7) is 5.93. The smallest absolute Gasteiger partial charge is 0.293 e. The fourth-order valence-electron chi connectivity index (χ4n) is 7.41. The molecular formula is C44H46F2N6O6S2. The number of hydrogen-bond acceptors (Lipinski definition) is 11. The van der Waals surface area contributed by atoms with Gasteiger partial charge in [-0.1, -0.05) is 72.8 Å². The molecule has 0 unspecified atom stereocenters. The van der Waals surface area contributed by atoms with Crippen molar-refractivity contribution in [3.8, 4) is 11.1 Å². The van der Waals surface area contributed by atoms with E-state index in [0.29, 0.717) is 58.1 Å². The summed E-state index contributed by atoms with van der Waals surface area (Å²) in [5, 5.41) is 15.5.